The average molecular weight is 267 g/mol. The van der Waals surface area contributed by atoms with Gasteiger partial charge in [-0.1, -0.05) is 32.9 Å². The molecule has 98 valence electrons. The van der Waals surface area contributed by atoms with Crippen molar-refractivity contribution in [2.24, 2.45) is 5.92 Å². The Morgan fingerprint density at radius 2 is 2.22 bits per heavy atom. The molecule has 5 nitrogen and oxygen atoms in total. The summed E-state index contributed by atoms with van der Waals surface area (Å²) < 4.78 is 4.31. The number of aromatic nitrogens is 2. The van der Waals surface area contributed by atoms with Crippen LogP contribution in [-0.2, 0) is 10.2 Å². The van der Waals surface area contributed by atoms with Crippen LogP contribution in [0.3, 0.4) is 0 Å². The third-order valence-corrected chi connectivity index (χ3v) is 3.45. The van der Waals surface area contributed by atoms with Gasteiger partial charge in [-0.05, 0) is 6.42 Å². The van der Waals surface area contributed by atoms with E-state index >= 15 is 0 Å². The van der Waals surface area contributed by atoms with Gasteiger partial charge in [-0.25, -0.2) is 4.98 Å². The number of carboxylic acid groups (broad SMARTS) is 1. The van der Waals surface area contributed by atoms with Crippen LogP contribution in [0.25, 0.3) is 0 Å². The van der Waals surface area contributed by atoms with E-state index in [4.69, 9.17) is 5.11 Å². The summed E-state index contributed by atoms with van der Waals surface area (Å²) in [5, 5.41) is 12.9. The molecule has 1 heterocycles. The Bertz CT molecular complexity index is 476. The summed E-state index contributed by atoms with van der Waals surface area (Å²) in [5.41, 5.74) is -0.0639. The quantitative estimate of drug-likeness (QED) is 0.822. The summed E-state index contributed by atoms with van der Waals surface area (Å²) in [4.78, 5) is 15.3. The zero-order valence-electron chi connectivity index (χ0n) is 10.7. The molecule has 0 aromatic carbocycles. The van der Waals surface area contributed by atoms with E-state index in [1.807, 2.05) is 6.08 Å². The van der Waals surface area contributed by atoms with Gasteiger partial charge in [0.2, 0.25) is 5.13 Å². The molecule has 2 atom stereocenters. The number of nitrogens with one attached hydrogen (secondary N) is 1. The van der Waals surface area contributed by atoms with Crippen LogP contribution in [0.2, 0.25) is 0 Å². The van der Waals surface area contributed by atoms with E-state index in [2.05, 4.69) is 35.4 Å². The van der Waals surface area contributed by atoms with Gasteiger partial charge in [0.15, 0.2) is 0 Å². The minimum absolute atomic E-state index is 0.0341. The second-order valence-electron chi connectivity index (χ2n) is 5.49. The largest absolute Gasteiger partial charge is 0.481 e. The molecule has 1 aromatic heterocycles. The molecule has 0 bridgehead atoms. The van der Waals surface area contributed by atoms with E-state index in [9.17, 15) is 4.79 Å². The van der Waals surface area contributed by atoms with Gasteiger partial charge in [0.05, 0.1) is 5.92 Å². The van der Waals surface area contributed by atoms with E-state index in [1.165, 1.54) is 11.5 Å². The molecule has 1 aliphatic carbocycles. The van der Waals surface area contributed by atoms with Crippen LogP contribution in [0.15, 0.2) is 12.2 Å². The van der Waals surface area contributed by atoms with E-state index < -0.39 is 11.9 Å². The summed E-state index contributed by atoms with van der Waals surface area (Å²) in [5.74, 6) is -0.354. The maximum absolute atomic E-state index is 10.8. The molecule has 0 radical (unpaired) electrons. The third kappa shape index (κ3) is 2.87. The Labute approximate surface area is 110 Å². The van der Waals surface area contributed by atoms with Crippen molar-refractivity contribution in [3.63, 3.8) is 0 Å². The number of carbonyl (C=O) groups is 1. The van der Waals surface area contributed by atoms with Gasteiger partial charge in [0.1, 0.15) is 5.82 Å². The van der Waals surface area contributed by atoms with Crippen LogP contribution in [0, 0.1) is 5.92 Å². The maximum atomic E-state index is 10.8. The highest BCUT2D eigenvalue weighted by Gasteiger charge is 2.25. The average Bonchev–Trinajstić information content (AvgIpc) is 2.85. The number of hydrogen-bond donors (Lipinski definition) is 2. The highest BCUT2D eigenvalue weighted by molar-refractivity contribution is 7.09. The summed E-state index contributed by atoms with van der Waals surface area (Å²) in [6.07, 6.45) is 4.18. The number of nitrogens with zero attached hydrogens (tertiary/aromatic N) is 2. The SMILES string of the molecule is CC(C)(C)c1nsc(NC2C=CC(C(=O)O)C2)n1. The molecule has 0 amide bonds. The fourth-order valence-corrected chi connectivity index (χ4v) is 2.55. The second kappa shape index (κ2) is 4.68. The first-order valence-electron chi connectivity index (χ1n) is 5.88. The summed E-state index contributed by atoms with van der Waals surface area (Å²) in [6.45, 7) is 6.19. The van der Waals surface area contributed by atoms with Crippen molar-refractivity contribution in [2.45, 2.75) is 38.6 Å². The monoisotopic (exact) mass is 267 g/mol. The summed E-state index contributed by atoms with van der Waals surface area (Å²) in [6, 6.07) is 0.0341. The molecule has 1 aliphatic rings. The van der Waals surface area contributed by atoms with Gasteiger partial charge >= 0.3 is 5.97 Å². The van der Waals surface area contributed by atoms with Gasteiger partial charge < -0.3 is 10.4 Å². The van der Waals surface area contributed by atoms with Crippen molar-refractivity contribution in [1.82, 2.24) is 9.36 Å². The molecule has 0 spiro atoms. The molecule has 6 heteroatoms. The molecule has 1 aromatic rings. The van der Waals surface area contributed by atoms with Crippen LogP contribution in [0.4, 0.5) is 5.13 Å². The molecule has 18 heavy (non-hydrogen) atoms. The smallest absolute Gasteiger partial charge is 0.310 e. The summed E-state index contributed by atoms with van der Waals surface area (Å²) >= 11 is 1.32. The Morgan fingerprint density at radius 3 is 2.72 bits per heavy atom. The van der Waals surface area contributed by atoms with Crippen LogP contribution in [0.5, 0.6) is 0 Å². The van der Waals surface area contributed by atoms with E-state index in [0.717, 1.165) is 11.0 Å². The van der Waals surface area contributed by atoms with Crippen LogP contribution >= 0.6 is 11.5 Å². The maximum Gasteiger partial charge on any atom is 0.310 e. The molecule has 0 fully saturated rings. The van der Waals surface area contributed by atoms with Gasteiger partial charge in [-0.15, -0.1) is 0 Å². The normalized spacial score (nSPS) is 23.3. The molecule has 2 N–H and O–H groups in total. The van der Waals surface area contributed by atoms with Crippen molar-refractivity contribution in [2.75, 3.05) is 5.32 Å². The standard InChI is InChI=1S/C12H17N3O2S/c1-12(2,3)10-14-11(18-15-10)13-8-5-4-7(6-8)9(16)17/h4-5,7-8H,6H2,1-3H3,(H,16,17)(H,13,14,15). The first kappa shape index (κ1) is 13.0. The number of hydrogen-bond acceptors (Lipinski definition) is 5. The molecule has 2 unspecified atom stereocenters. The Balaban J connectivity index is 1.98. The fourth-order valence-electron chi connectivity index (χ4n) is 1.73. The molecule has 0 saturated heterocycles. The lowest BCUT2D eigenvalue weighted by Gasteiger charge is -2.13. The minimum Gasteiger partial charge on any atom is -0.481 e. The number of anilines is 1. The van der Waals surface area contributed by atoms with Gasteiger partial charge in [-0.2, -0.15) is 4.37 Å². The molecular formula is C12H17N3O2S. The topological polar surface area (TPSA) is 75.1 Å². The lowest BCUT2D eigenvalue weighted by atomic mass is 9.96. The first-order chi connectivity index (χ1) is 8.36. The fraction of sp³-hybridized carbons (Fsp3) is 0.583. The number of rotatable bonds is 3. The zero-order valence-corrected chi connectivity index (χ0v) is 11.5. The van der Waals surface area contributed by atoms with Gasteiger partial charge in [0, 0.05) is 23.0 Å². The lowest BCUT2D eigenvalue weighted by Crippen LogP contribution is -2.19. The third-order valence-electron chi connectivity index (χ3n) is 2.81. The van der Waals surface area contributed by atoms with Crippen LogP contribution in [0.1, 0.15) is 33.0 Å². The minimum atomic E-state index is -0.775. The van der Waals surface area contributed by atoms with E-state index in [1.54, 1.807) is 6.08 Å². The van der Waals surface area contributed by atoms with E-state index in [0.29, 0.717) is 6.42 Å². The predicted octanol–water partition coefficient (Wildman–Crippen LogP) is 2.28. The van der Waals surface area contributed by atoms with Crippen molar-refractivity contribution < 1.29 is 9.90 Å². The van der Waals surface area contributed by atoms with Crippen LogP contribution in [-0.4, -0.2) is 26.5 Å². The Kier molecular flexibility index (Phi) is 3.38. The Morgan fingerprint density at radius 1 is 1.50 bits per heavy atom. The molecule has 0 saturated carbocycles. The van der Waals surface area contributed by atoms with Crippen molar-refractivity contribution in [3.05, 3.63) is 18.0 Å². The second-order valence-corrected chi connectivity index (χ2v) is 6.24. The number of aliphatic carboxylic acids is 1. The van der Waals surface area contributed by atoms with Crippen molar-refractivity contribution in [1.29, 1.82) is 0 Å². The highest BCUT2D eigenvalue weighted by Crippen LogP contribution is 2.26. The first-order valence-corrected chi connectivity index (χ1v) is 6.65. The molecule has 2 rings (SSSR count). The predicted molar refractivity (Wildman–Crippen MR) is 70.9 cm³/mol. The molecular weight excluding hydrogens is 250 g/mol. The van der Waals surface area contributed by atoms with E-state index in [-0.39, 0.29) is 11.5 Å². The van der Waals surface area contributed by atoms with Crippen molar-refractivity contribution in [3.8, 4) is 0 Å². The summed E-state index contributed by atoms with van der Waals surface area (Å²) in [7, 11) is 0. The van der Waals surface area contributed by atoms with Gasteiger partial charge in [-0.3, -0.25) is 4.79 Å². The lowest BCUT2D eigenvalue weighted by molar-refractivity contribution is -0.140. The number of carboxylic acids is 1. The molecule has 0 aliphatic heterocycles. The van der Waals surface area contributed by atoms with Gasteiger partial charge in [0.25, 0.3) is 0 Å². The highest BCUT2D eigenvalue weighted by atomic mass is 32.1. The Hall–Kier alpha value is -1.43. The zero-order chi connectivity index (χ0) is 13.3. The van der Waals surface area contributed by atoms with Crippen molar-refractivity contribution >= 4 is 22.6 Å². The van der Waals surface area contributed by atoms with Crippen LogP contribution < -0.4 is 5.32 Å².